The lowest BCUT2D eigenvalue weighted by atomic mass is 9.90. The number of methoxy groups -OCH3 is 1. The molecular weight excluding hydrogens is 398 g/mol. The first-order valence-corrected chi connectivity index (χ1v) is 9.84. The average molecular weight is 416 g/mol. The molecule has 3 aromatic rings. The van der Waals surface area contributed by atoms with E-state index in [2.05, 4.69) is 10.3 Å². The lowest BCUT2D eigenvalue weighted by Crippen LogP contribution is -2.23. The van der Waals surface area contributed by atoms with E-state index in [1.54, 1.807) is 7.11 Å². The fourth-order valence-corrected chi connectivity index (χ4v) is 4.41. The molecule has 1 aliphatic heterocycles. The van der Waals surface area contributed by atoms with E-state index in [4.69, 9.17) is 26.8 Å². The number of ether oxygens (including phenoxy) is 2. The highest BCUT2D eigenvalue weighted by Gasteiger charge is 2.32. The van der Waals surface area contributed by atoms with Crippen molar-refractivity contribution in [3.63, 3.8) is 0 Å². The van der Waals surface area contributed by atoms with E-state index in [9.17, 15) is 4.79 Å². The summed E-state index contributed by atoms with van der Waals surface area (Å²) in [5, 5.41) is 3.85. The minimum atomic E-state index is -0.206. The summed E-state index contributed by atoms with van der Waals surface area (Å²) in [7, 11) is 1.59. The third-order valence-corrected chi connectivity index (χ3v) is 5.74. The molecular formula is C20H18ClN3O3S. The van der Waals surface area contributed by atoms with Crippen molar-refractivity contribution in [2.45, 2.75) is 18.9 Å². The maximum Gasteiger partial charge on any atom is 0.226 e. The predicted molar refractivity (Wildman–Crippen MR) is 110 cm³/mol. The van der Waals surface area contributed by atoms with Gasteiger partial charge in [0.25, 0.3) is 0 Å². The first kappa shape index (κ1) is 18.6. The molecule has 1 atom stereocenters. The Morgan fingerprint density at radius 1 is 1.32 bits per heavy atom. The Morgan fingerprint density at radius 3 is 2.93 bits per heavy atom. The van der Waals surface area contributed by atoms with Crippen LogP contribution in [0.4, 0.5) is 10.9 Å². The second-order valence-electron chi connectivity index (χ2n) is 6.37. The van der Waals surface area contributed by atoms with Crippen LogP contribution >= 0.6 is 22.9 Å². The highest BCUT2D eigenvalue weighted by molar-refractivity contribution is 7.16. The second-order valence-corrected chi connectivity index (χ2v) is 7.87. The van der Waals surface area contributed by atoms with Crippen LogP contribution in [0.25, 0.3) is 0 Å². The van der Waals surface area contributed by atoms with E-state index >= 15 is 0 Å². The summed E-state index contributed by atoms with van der Waals surface area (Å²) < 4.78 is 11.7. The standard InChI is InChI=1S/C20H18ClN3O3S/c1-26-15-7-3-6-13(17(15)27-10-11-4-2-5-12(21)8-11)14-9-16(25)23-19-18(14)28-20(22)24-19/h2-8,14H,9-10H2,1H3,(H2,22,24)(H,23,25). The van der Waals surface area contributed by atoms with Crippen LogP contribution in [0, 0.1) is 0 Å². The Balaban J connectivity index is 1.72. The molecule has 8 heteroatoms. The maximum absolute atomic E-state index is 12.2. The number of aromatic nitrogens is 1. The van der Waals surface area contributed by atoms with Gasteiger partial charge in [-0.3, -0.25) is 4.79 Å². The van der Waals surface area contributed by atoms with Crippen molar-refractivity contribution >= 4 is 39.8 Å². The van der Waals surface area contributed by atoms with Crippen molar-refractivity contribution in [1.82, 2.24) is 4.98 Å². The summed E-state index contributed by atoms with van der Waals surface area (Å²) in [6.45, 7) is 0.324. The number of nitrogens with two attached hydrogens (primary N) is 1. The molecule has 0 fully saturated rings. The van der Waals surface area contributed by atoms with Gasteiger partial charge in [-0.05, 0) is 23.8 Å². The number of carbonyl (C=O) groups is 1. The van der Waals surface area contributed by atoms with E-state index in [0.29, 0.717) is 34.1 Å². The van der Waals surface area contributed by atoms with Crippen molar-refractivity contribution in [2.75, 3.05) is 18.2 Å². The van der Waals surface area contributed by atoms with Crippen LogP contribution in [0.5, 0.6) is 11.5 Å². The van der Waals surface area contributed by atoms with Gasteiger partial charge in [0.15, 0.2) is 16.6 Å². The van der Waals surface area contributed by atoms with E-state index in [1.807, 2.05) is 42.5 Å². The number of hydrogen-bond acceptors (Lipinski definition) is 6. The number of nitrogen functional groups attached to an aromatic ring is 1. The van der Waals surface area contributed by atoms with Crippen molar-refractivity contribution in [3.8, 4) is 11.5 Å². The third kappa shape index (κ3) is 3.63. The maximum atomic E-state index is 12.2. The smallest absolute Gasteiger partial charge is 0.226 e. The quantitative estimate of drug-likeness (QED) is 0.643. The lowest BCUT2D eigenvalue weighted by Gasteiger charge is -2.24. The molecule has 0 radical (unpaired) electrons. The number of anilines is 2. The SMILES string of the molecule is COc1cccc(C2CC(=O)Nc3nc(N)sc32)c1OCc1cccc(Cl)c1. The van der Waals surface area contributed by atoms with Crippen molar-refractivity contribution in [3.05, 3.63) is 63.5 Å². The second kappa shape index (κ2) is 7.69. The van der Waals surface area contributed by atoms with Crippen LogP contribution in [-0.2, 0) is 11.4 Å². The van der Waals surface area contributed by atoms with Crippen LogP contribution < -0.4 is 20.5 Å². The normalized spacial score (nSPS) is 15.6. The molecule has 0 saturated carbocycles. The highest BCUT2D eigenvalue weighted by atomic mass is 35.5. The van der Waals surface area contributed by atoms with Gasteiger partial charge in [-0.15, -0.1) is 0 Å². The van der Waals surface area contributed by atoms with Crippen molar-refractivity contribution < 1.29 is 14.3 Å². The van der Waals surface area contributed by atoms with Gasteiger partial charge in [0, 0.05) is 22.9 Å². The van der Waals surface area contributed by atoms with Gasteiger partial charge in [-0.25, -0.2) is 4.98 Å². The number of fused-ring (bicyclic) bond motifs is 1. The Morgan fingerprint density at radius 2 is 2.14 bits per heavy atom. The fraction of sp³-hybridized carbons (Fsp3) is 0.200. The number of hydrogen-bond donors (Lipinski definition) is 2. The molecule has 1 amide bonds. The summed E-state index contributed by atoms with van der Waals surface area (Å²) in [6.07, 6.45) is 0.287. The molecule has 1 aromatic heterocycles. The molecule has 144 valence electrons. The van der Waals surface area contributed by atoms with Gasteiger partial charge in [-0.2, -0.15) is 0 Å². The molecule has 6 nitrogen and oxygen atoms in total. The zero-order chi connectivity index (χ0) is 19.7. The van der Waals surface area contributed by atoms with Gasteiger partial charge < -0.3 is 20.5 Å². The summed E-state index contributed by atoms with van der Waals surface area (Å²) in [6, 6.07) is 13.2. The largest absolute Gasteiger partial charge is 0.493 e. The number of rotatable bonds is 5. The Kier molecular flexibility index (Phi) is 5.11. The monoisotopic (exact) mass is 415 g/mol. The minimum Gasteiger partial charge on any atom is -0.493 e. The molecule has 28 heavy (non-hydrogen) atoms. The van der Waals surface area contributed by atoms with Gasteiger partial charge in [0.2, 0.25) is 5.91 Å². The van der Waals surface area contributed by atoms with Gasteiger partial charge in [-0.1, -0.05) is 47.2 Å². The molecule has 0 aliphatic carbocycles. The van der Waals surface area contributed by atoms with Gasteiger partial charge in [0.1, 0.15) is 12.4 Å². The zero-order valence-electron chi connectivity index (χ0n) is 15.1. The number of halogens is 1. The molecule has 1 unspecified atom stereocenters. The van der Waals surface area contributed by atoms with Crippen LogP contribution in [0.1, 0.15) is 28.3 Å². The minimum absolute atomic E-state index is 0.105. The molecule has 0 bridgehead atoms. The molecule has 0 saturated heterocycles. The number of thiazole rings is 1. The van der Waals surface area contributed by atoms with Gasteiger partial charge >= 0.3 is 0 Å². The number of nitrogens with one attached hydrogen (secondary N) is 1. The van der Waals surface area contributed by atoms with Crippen LogP contribution in [-0.4, -0.2) is 18.0 Å². The summed E-state index contributed by atoms with van der Waals surface area (Å²) >= 11 is 7.44. The van der Waals surface area contributed by atoms with E-state index in [1.165, 1.54) is 11.3 Å². The Hall–Kier alpha value is -2.77. The van der Waals surface area contributed by atoms with E-state index in [-0.39, 0.29) is 18.2 Å². The number of amides is 1. The molecule has 0 spiro atoms. The Bertz CT molecular complexity index is 1040. The topological polar surface area (TPSA) is 86.5 Å². The first-order valence-electron chi connectivity index (χ1n) is 8.65. The van der Waals surface area contributed by atoms with Crippen LogP contribution in [0.2, 0.25) is 5.02 Å². The number of carbonyl (C=O) groups excluding carboxylic acids is 1. The first-order chi connectivity index (χ1) is 13.5. The lowest BCUT2D eigenvalue weighted by molar-refractivity contribution is -0.116. The molecule has 4 rings (SSSR count). The Labute approximate surface area is 171 Å². The van der Waals surface area contributed by atoms with Crippen molar-refractivity contribution in [2.24, 2.45) is 0 Å². The number of benzene rings is 2. The molecule has 1 aliphatic rings. The zero-order valence-corrected chi connectivity index (χ0v) is 16.6. The highest BCUT2D eigenvalue weighted by Crippen LogP contribution is 2.46. The van der Waals surface area contributed by atoms with Gasteiger partial charge in [0.05, 0.1) is 12.0 Å². The molecule has 2 heterocycles. The van der Waals surface area contributed by atoms with E-state index in [0.717, 1.165) is 16.0 Å². The third-order valence-electron chi connectivity index (χ3n) is 4.51. The van der Waals surface area contributed by atoms with Crippen LogP contribution in [0.3, 0.4) is 0 Å². The summed E-state index contributed by atoms with van der Waals surface area (Å²) in [5.74, 6) is 1.41. The molecule has 3 N–H and O–H groups in total. The summed E-state index contributed by atoms with van der Waals surface area (Å²) in [5.41, 5.74) is 7.68. The average Bonchev–Trinajstić information content (AvgIpc) is 3.05. The number of nitrogens with zero attached hydrogens (tertiary/aromatic N) is 1. The fourth-order valence-electron chi connectivity index (χ4n) is 3.29. The summed E-state index contributed by atoms with van der Waals surface area (Å²) in [4.78, 5) is 17.4. The predicted octanol–water partition coefficient (Wildman–Crippen LogP) is 4.44. The molecule has 2 aromatic carbocycles. The van der Waals surface area contributed by atoms with Crippen LogP contribution in [0.15, 0.2) is 42.5 Å². The van der Waals surface area contributed by atoms with E-state index < -0.39 is 0 Å². The van der Waals surface area contributed by atoms with Crippen molar-refractivity contribution in [1.29, 1.82) is 0 Å². The number of para-hydroxylation sites is 1.